The van der Waals surface area contributed by atoms with E-state index in [0.717, 1.165) is 17.9 Å². The van der Waals surface area contributed by atoms with Crippen LogP contribution in [-0.2, 0) is 5.60 Å². The smallest absolute Gasteiger partial charge is 0.237 e. The number of aryl methyl sites for hydroxylation is 1. The van der Waals surface area contributed by atoms with Gasteiger partial charge in [-0.05, 0) is 38.6 Å². The molecule has 2 aromatic heterocycles. The highest BCUT2D eigenvalue weighted by Gasteiger charge is 2.31. The molecule has 10 nitrogen and oxygen atoms in total. The van der Waals surface area contributed by atoms with E-state index >= 15 is 0 Å². The molecule has 3 heterocycles. The highest BCUT2D eigenvalue weighted by molar-refractivity contribution is 5.81. The van der Waals surface area contributed by atoms with Crippen LogP contribution >= 0.6 is 0 Å². The number of hydrogen-bond donors (Lipinski definition) is 4. The first-order valence-electron chi connectivity index (χ1n) is 9.44. The molecule has 0 radical (unpaired) electrons. The van der Waals surface area contributed by atoms with Crippen molar-refractivity contribution in [2.45, 2.75) is 32.7 Å². The van der Waals surface area contributed by atoms with Crippen LogP contribution in [0, 0.1) is 18.8 Å². The van der Waals surface area contributed by atoms with Gasteiger partial charge in [-0.1, -0.05) is 23.9 Å². The molecular weight excluding hydrogens is 384 g/mol. The standard InChI is InChI=1S/C20H22N8O2/c1-4-22-18-25-14-6-5-13(7-8-20(3,29)16-9-12(2)30-27-16)10-15(14)28(18)19-24-11-23-17(21)26-19/h5-6,9-11,18,22,25,29H,4H2,1-3H3,(H2,21,23,24,26)/t18?,20-/m1/s1. The second-order valence-electron chi connectivity index (χ2n) is 7.00. The van der Waals surface area contributed by atoms with E-state index in [0.29, 0.717) is 23.0 Å². The molecule has 10 heteroatoms. The summed E-state index contributed by atoms with van der Waals surface area (Å²) in [5, 5.41) is 21.2. The first kappa shape index (κ1) is 19.6. The van der Waals surface area contributed by atoms with Gasteiger partial charge in [-0.2, -0.15) is 4.98 Å². The van der Waals surface area contributed by atoms with Crippen LogP contribution in [0.5, 0.6) is 0 Å². The van der Waals surface area contributed by atoms with Crippen molar-refractivity contribution in [1.29, 1.82) is 0 Å². The first-order valence-corrected chi connectivity index (χ1v) is 9.44. The zero-order valence-corrected chi connectivity index (χ0v) is 16.8. The predicted molar refractivity (Wildman–Crippen MR) is 112 cm³/mol. The van der Waals surface area contributed by atoms with Gasteiger partial charge in [-0.25, -0.2) is 9.97 Å². The number of nitrogen functional groups attached to an aromatic ring is 1. The number of nitrogens with two attached hydrogens (primary N) is 1. The Labute approximate surface area is 173 Å². The Kier molecular flexibility index (Phi) is 4.99. The molecule has 3 aromatic rings. The van der Waals surface area contributed by atoms with Crippen LogP contribution in [0.3, 0.4) is 0 Å². The molecule has 0 saturated heterocycles. The van der Waals surface area contributed by atoms with Crippen molar-refractivity contribution >= 4 is 23.3 Å². The third kappa shape index (κ3) is 3.76. The van der Waals surface area contributed by atoms with Crippen molar-refractivity contribution in [2.75, 3.05) is 22.5 Å². The molecule has 1 unspecified atom stereocenters. The molecule has 0 spiro atoms. The monoisotopic (exact) mass is 406 g/mol. The molecule has 154 valence electrons. The van der Waals surface area contributed by atoms with Gasteiger partial charge in [0.15, 0.2) is 11.9 Å². The number of nitrogens with zero attached hydrogens (tertiary/aromatic N) is 5. The molecule has 1 aliphatic rings. The third-order valence-electron chi connectivity index (χ3n) is 4.58. The van der Waals surface area contributed by atoms with Crippen LogP contribution in [0.4, 0.5) is 23.3 Å². The van der Waals surface area contributed by atoms with E-state index in [9.17, 15) is 5.11 Å². The van der Waals surface area contributed by atoms with E-state index in [1.807, 2.05) is 30.0 Å². The zero-order chi connectivity index (χ0) is 21.3. The SMILES string of the molecule is CCNC1Nc2ccc(C#C[C@@](C)(O)c3cc(C)on3)cc2N1c1ncnc(N)n1. The molecule has 1 aromatic carbocycles. The molecule has 0 saturated carbocycles. The maximum absolute atomic E-state index is 10.7. The summed E-state index contributed by atoms with van der Waals surface area (Å²) < 4.78 is 5.04. The fraction of sp³-hybridized carbons (Fsp3) is 0.300. The summed E-state index contributed by atoms with van der Waals surface area (Å²) in [5.74, 6) is 7.04. The van der Waals surface area contributed by atoms with Crippen molar-refractivity contribution in [3.05, 3.63) is 47.6 Å². The molecule has 1 aliphatic heterocycles. The van der Waals surface area contributed by atoms with Gasteiger partial charge in [0, 0.05) is 11.6 Å². The average Bonchev–Trinajstić information content (AvgIpc) is 3.30. The maximum Gasteiger partial charge on any atom is 0.237 e. The fourth-order valence-electron chi connectivity index (χ4n) is 3.11. The van der Waals surface area contributed by atoms with Crippen molar-refractivity contribution < 1.29 is 9.63 Å². The molecule has 4 rings (SSSR count). The minimum absolute atomic E-state index is 0.138. The number of nitrogens with one attached hydrogen (secondary N) is 2. The lowest BCUT2D eigenvalue weighted by atomic mass is 10.0. The van der Waals surface area contributed by atoms with Crippen LogP contribution < -0.4 is 21.3 Å². The number of benzene rings is 1. The highest BCUT2D eigenvalue weighted by Crippen LogP contribution is 2.38. The summed E-state index contributed by atoms with van der Waals surface area (Å²) in [6, 6.07) is 7.35. The maximum atomic E-state index is 10.7. The molecule has 0 amide bonds. The summed E-state index contributed by atoms with van der Waals surface area (Å²) in [7, 11) is 0. The molecule has 30 heavy (non-hydrogen) atoms. The second-order valence-corrected chi connectivity index (χ2v) is 7.00. The fourth-order valence-corrected chi connectivity index (χ4v) is 3.11. The largest absolute Gasteiger partial charge is 0.372 e. The van der Waals surface area contributed by atoms with E-state index in [-0.39, 0.29) is 12.2 Å². The van der Waals surface area contributed by atoms with E-state index in [2.05, 4.69) is 42.6 Å². The van der Waals surface area contributed by atoms with Gasteiger partial charge < -0.3 is 20.7 Å². The number of hydrogen-bond acceptors (Lipinski definition) is 10. The topological polar surface area (TPSA) is 138 Å². The summed E-state index contributed by atoms with van der Waals surface area (Å²) in [5.41, 5.74) is 7.11. The van der Waals surface area contributed by atoms with Gasteiger partial charge >= 0.3 is 0 Å². The Balaban J connectivity index is 1.70. The molecule has 0 fully saturated rings. The number of aliphatic hydroxyl groups is 1. The molecule has 2 atom stereocenters. The van der Waals surface area contributed by atoms with Gasteiger partial charge in [-0.3, -0.25) is 10.2 Å². The lowest BCUT2D eigenvalue weighted by Gasteiger charge is -2.25. The number of aromatic nitrogens is 4. The Morgan fingerprint density at radius 2 is 2.20 bits per heavy atom. The summed E-state index contributed by atoms with van der Waals surface area (Å²) in [6.45, 7) is 6.08. The number of fused-ring (bicyclic) bond motifs is 1. The van der Waals surface area contributed by atoms with Crippen LogP contribution in [-0.4, -0.2) is 38.0 Å². The number of anilines is 4. The van der Waals surface area contributed by atoms with Gasteiger partial charge in [0.25, 0.3) is 0 Å². The van der Waals surface area contributed by atoms with Crippen LogP contribution in [0.2, 0.25) is 0 Å². The Bertz CT molecular complexity index is 1130. The first-order chi connectivity index (χ1) is 14.4. The van der Waals surface area contributed by atoms with E-state index in [1.165, 1.54) is 6.33 Å². The summed E-state index contributed by atoms with van der Waals surface area (Å²) >= 11 is 0. The molecule has 5 N–H and O–H groups in total. The normalized spacial score (nSPS) is 16.9. The van der Waals surface area contributed by atoms with Gasteiger partial charge in [0.1, 0.15) is 17.8 Å². The minimum atomic E-state index is -1.44. The van der Waals surface area contributed by atoms with Crippen molar-refractivity contribution in [3.8, 4) is 11.8 Å². The summed E-state index contributed by atoms with van der Waals surface area (Å²) in [4.78, 5) is 14.3. The van der Waals surface area contributed by atoms with E-state index in [4.69, 9.17) is 10.3 Å². The van der Waals surface area contributed by atoms with Crippen LogP contribution in [0.1, 0.15) is 30.9 Å². The predicted octanol–water partition coefficient (Wildman–Crippen LogP) is 1.47. The van der Waals surface area contributed by atoms with Crippen LogP contribution in [0.15, 0.2) is 35.1 Å². The van der Waals surface area contributed by atoms with Gasteiger partial charge in [0.2, 0.25) is 11.9 Å². The minimum Gasteiger partial charge on any atom is -0.372 e. The van der Waals surface area contributed by atoms with Gasteiger partial charge in [-0.15, -0.1) is 0 Å². The molecular formula is C20H22N8O2. The lowest BCUT2D eigenvalue weighted by molar-refractivity contribution is 0.112. The lowest BCUT2D eigenvalue weighted by Crippen LogP contribution is -2.45. The Hall–Kier alpha value is -3.68. The van der Waals surface area contributed by atoms with Gasteiger partial charge in [0.05, 0.1) is 11.4 Å². The second kappa shape index (κ2) is 7.62. The van der Waals surface area contributed by atoms with E-state index < -0.39 is 5.60 Å². The molecule has 0 bridgehead atoms. The van der Waals surface area contributed by atoms with Crippen molar-refractivity contribution in [1.82, 2.24) is 25.4 Å². The summed E-state index contributed by atoms with van der Waals surface area (Å²) in [6.07, 6.45) is 1.12. The average molecular weight is 406 g/mol. The van der Waals surface area contributed by atoms with Crippen molar-refractivity contribution in [3.63, 3.8) is 0 Å². The number of rotatable bonds is 4. The van der Waals surface area contributed by atoms with Crippen LogP contribution in [0.25, 0.3) is 0 Å². The molecule has 0 aliphatic carbocycles. The Morgan fingerprint density at radius 3 is 2.90 bits per heavy atom. The highest BCUT2D eigenvalue weighted by atomic mass is 16.5. The Morgan fingerprint density at radius 1 is 1.37 bits per heavy atom. The third-order valence-corrected chi connectivity index (χ3v) is 4.58. The quantitative estimate of drug-likeness (QED) is 0.471. The zero-order valence-electron chi connectivity index (χ0n) is 16.8. The van der Waals surface area contributed by atoms with Crippen molar-refractivity contribution in [2.24, 2.45) is 0 Å². The van der Waals surface area contributed by atoms with E-state index in [1.54, 1.807) is 19.9 Å².